The normalized spacial score (nSPS) is 15.1. The number of nitrogens with one attached hydrogen (secondary N) is 1. The molecule has 1 N–H and O–H groups in total. The number of amides is 2. The highest BCUT2D eigenvalue weighted by molar-refractivity contribution is 6.05. The largest absolute Gasteiger partial charge is 0.496 e. The second kappa shape index (κ2) is 13.3. The number of fused-ring (bicyclic) bond motifs is 1. The molecule has 2 amide bonds. The minimum Gasteiger partial charge on any atom is -0.496 e. The number of aryl methyl sites for hydroxylation is 2. The second-order valence-corrected chi connectivity index (χ2v) is 12.3. The summed E-state index contributed by atoms with van der Waals surface area (Å²) in [6, 6.07) is 19.5. The average Bonchev–Trinajstić information content (AvgIpc) is 3.82. The van der Waals surface area contributed by atoms with Crippen molar-refractivity contribution >= 4 is 34.0 Å². The Morgan fingerprint density at radius 2 is 1.73 bits per heavy atom. The van der Waals surface area contributed by atoms with E-state index < -0.39 is 5.82 Å². The molecule has 0 unspecified atom stereocenters. The zero-order valence-electron chi connectivity index (χ0n) is 27.2. The molecule has 2 aliphatic heterocycles. The van der Waals surface area contributed by atoms with Gasteiger partial charge in [-0.15, -0.1) is 5.10 Å². The number of H-pyrrole nitrogens is 1. The van der Waals surface area contributed by atoms with Crippen LogP contribution in [0.4, 0.5) is 10.1 Å². The van der Waals surface area contributed by atoms with Crippen molar-refractivity contribution < 1.29 is 18.7 Å². The molecular weight excluding hydrogens is 609 g/mol. The molecule has 10 nitrogen and oxygen atoms in total. The Balaban J connectivity index is 1.20. The topological polar surface area (TPSA) is 99.6 Å². The van der Waals surface area contributed by atoms with Gasteiger partial charge >= 0.3 is 0 Å². The Kier molecular flexibility index (Phi) is 8.66. The second-order valence-electron chi connectivity index (χ2n) is 12.3. The fourth-order valence-corrected chi connectivity index (χ4v) is 6.81. The summed E-state index contributed by atoms with van der Waals surface area (Å²) >= 11 is 0. The Labute approximate surface area is 278 Å². The number of rotatable bonds is 8. The van der Waals surface area contributed by atoms with E-state index in [1.54, 1.807) is 35.2 Å². The molecule has 0 aliphatic carbocycles. The molecule has 7 rings (SSSR count). The fraction of sp³-hybridized carbons (Fsp3) is 0.297. The number of carbonyl (C=O) groups is 2. The van der Waals surface area contributed by atoms with Crippen molar-refractivity contribution in [2.75, 3.05) is 51.3 Å². The number of ether oxygens (including phenoxy) is 1. The molecule has 0 saturated carbocycles. The number of benzene rings is 3. The van der Waals surface area contributed by atoms with E-state index in [9.17, 15) is 9.59 Å². The first kappa shape index (κ1) is 31.2. The zero-order chi connectivity index (χ0) is 33.2. The summed E-state index contributed by atoms with van der Waals surface area (Å²) in [5.74, 6) is -0.00283. The van der Waals surface area contributed by atoms with Crippen LogP contribution >= 0.6 is 0 Å². The van der Waals surface area contributed by atoms with Crippen LogP contribution in [0.15, 0.2) is 79.1 Å². The SMILES string of the molecule is COc1ccccc1-c1cc(C2=CCCN(C(=O)CCn3ccnn3)C2)c(F)c2[nH]c(C(=O)N3CCN(c4ccccc4C)CC3)cc12. The van der Waals surface area contributed by atoms with Gasteiger partial charge in [-0.25, -0.2) is 4.39 Å². The van der Waals surface area contributed by atoms with E-state index in [0.29, 0.717) is 68.1 Å². The molecule has 1 saturated heterocycles. The van der Waals surface area contributed by atoms with Crippen LogP contribution in [-0.4, -0.2) is 88.0 Å². The number of carbonyl (C=O) groups excluding carboxylic acids is 2. The highest BCUT2D eigenvalue weighted by Gasteiger charge is 2.28. The van der Waals surface area contributed by atoms with E-state index in [-0.39, 0.29) is 30.3 Å². The molecule has 3 aromatic carbocycles. The van der Waals surface area contributed by atoms with Crippen molar-refractivity contribution in [1.29, 1.82) is 0 Å². The Hall–Kier alpha value is -5.45. The fourth-order valence-electron chi connectivity index (χ4n) is 6.81. The van der Waals surface area contributed by atoms with E-state index in [0.717, 1.165) is 16.7 Å². The molecule has 246 valence electrons. The van der Waals surface area contributed by atoms with Crippen molar-refractivity contribution in [2.45, 2.75) is 26.3 Å². The smallest absolute Gasteiger partial charge is 0.270 e. The van der Waals surface area contributed by atoms with Gasteiger partial charge in [-0.2, -0.15) is 0 Å². The molecule has 0 bridgehead atoms. The third-order valence-electron chi connectivity index (χ3n) is 9.38. The first-order valence-electron chi connectivity index (χ1n) is 16.3. The van der Waals surface area contributed by atoms with E-state index in [2.05, 4.69) is 39.3 Å². The number of halogens is 1. The molecule has 11 heteroatoms. The lowest BCUT2D eigenvalue weighted by Gasteiger charge is -2.36. The lowest BCUT2D eigenvalue weighted by atomic mass is 9.93. The summed E-state index contributed by atoms with van der Waals surface area (Å²) < 4.78 is 24.0. The number of anilines is 1. The Bertz CT molecular complexity index is 1990. The first-order chi connectivity index (χ1) is 23.4. The first-order valence-corrected chi connectivity index (χ1v) is 16.3. The molecule has 5 aromatic rings. The summed E-state index contributed by atoms with van der Waals surface area (Å²) in [5.41, 5.74) is 5.62. The van der Waals surface area contributed by atoms with Gasteiger partial charge in [0.2, 0.25) is 5.91 Å². The van der Waals surface area contributed by atoms with Gasteiger partial charge in [0.15, 0.2) is 5.82 Å². The van der Waals surface area contributed by atoms with Crippen molar-refractivity contribution in [2.24, 2.45) is 0 Å². The van der Waals surface area contributed by atoms with Crippen molar-refractivity contribution in [3.8, 4) is 16.9 Å². The standard InChI is InChI=1S/C37H38FN7O3/c1-25-8-3-5-11-32(25)42-18-20-43(21-19-42)37(47)31-23-30-29(27-10-4-6-12-33(27)48-2)22-28(35(38)36(30)40-31)26-9-7-15-44(24-26)34(46)13-16-45-17-14-39-41-45/h3-6,8-12,14,17,22-23,40H,7,13,15-16,18-21,24H2,1-2H3. The van der Waals surface area contributed by atoms with Crippen LogP contribution in [0.3, 0.4) is 0 Å². The van der Waals surface area contributed by atoms with Gasteiger partial charge in [-0.05, 0) is 54.3 Å². The number of para-hydroxylation sites is 2. The third kappa shape index (κ3) is 6.03. The van der Waals surface area contributed by atoms with Crippen molar-refractivity contribution in [3.05, 3.63) is 102 Å². The number of aromatic nitrogens is 4. The van der Waals surface area contributed by atoms with Gasteiger partial charge < -0.3 is 24.4 Å². The monoisotopic (exact) mass is 647 g/mol. The van der Waals surface area contributed by atoms with Crippen molar-refractivity contribution in [3.63, 3.8) is 0 Å². The predicted octanol–water partition coefficient (Wildman–Crippen LogP) is 5.55. The molecule has 0 radical (unpaired) electrons. The van der Waals surface area contributed by atoms with Gasteiger partial charge in [-0.1, -0.05) is 47.7 Å². The summed E-state index contributed by atoms with van der Waals surface area (Å²) in [6.07, 6.45) is 6.18. The summed E-state index contributed by atoms with van der Waals surface area (Å²) in [6.45, 7) is 5.90. The maximum Gasteiger partial charge on any atom is 0.270 e. The highest BCUT2D eigenvalue weighted by atomic mass is 19.1. The van der Waals surface area contributed by atoms with Crippen LogP contribution in [0.1, 0.15) is 34.5 Å². The number of aromatic amines is 1. The molecule has 2 aliphatic rings. The van der Waals surface area contributed by atoms with E-state index in [1.165, 1.54) is 11.3 Å². The lowest BCUT2D eigenvalue weighted by Crippen LogP contribution is -2.49. The lowest BCUT2D eigenvalue weighted by molar-refractivity contribution is -0.131. The maximum absolute atomic E-state index is 16.6. The van der Waals surface area contributed by atoms with Crippen LogP contribution in [0.2, 0.25) is 0 Å². The van der Waals surface area contributed by atoms with Gasteiger partial charge in [0.25, 0.3) is 5.91 Å². The number of hydrogen-bond acceptors (Lipinski definition) is 6. The van der Waals surface area contributed by atoms with Gasteiger partial charge in [-0.3, -0.25) is 14.3 Å². The molecule has 1 fully saturated rings. The summed E-state index contributed by atoms with van der Waals surface area (Å²) in [7, 11) is 1.61. The van der Waals surface area contributed by atoms with Gasteiger partial charge in [0, 0.05) is 74.1 Å². The number of nitrogens with zero attached hydrogens (tertiary/aromatic N) is 6. The minimum atomic E-state index is -0.449. The van der Waals surface area contributed by atoms with Crippen LogP contribution in [-0.2, 0) is 11.3 Å². The zero-order valence-corrected chi connectivity index (χ0v) is 27.2. The quantitative estimate of drug-likeness (QED) is 0.237. The van der Waals surface area contributed by atoms with E-state index in [4.69, 9.17) is 4.74 Å². The molecule has 2 aromatic heterocycles. The van der Waals surface area contributed by atoms with Crippen molar-refractivity contribution in [1.82, 2.24) is 29.8 Å². The highest BCUT2D eigenvalue weighted by Crippen LogP contribution is 2.40. The van der Waals surface area contributed by atoms with Crippen LogP contribution < -0.4 is 9.64 Å². The molecule has 4 heterocycles. The van der Waals surface area contributed by atoms with E-state index >= 15 is 4.39 Å². The Morgan fingerprint density at radius 3 is 2.50 bits per heavy atom. The molecule has 0 spiro atoms. The number of hydrogen-bond donors (Lipinski definition) is 1. The summed E-state index contributed by atoms with van der Waals surface area (Å²) in [4.78, 5) is 36.1. The predicted molar refractivity (Wildman–Crippen MR) is 183 cm³/mol. The van der Waals surface area contributed by atoms with Gasteiger partial charge in [0.05, 0.1) is 25.4 Å². The average molecular weight is 648 g/mol. The number of piperazine rings is 1. The molecular formula is C37H38FN7O3. The van der Waals surface area contributed by atoms with Crippen LogP contribution in [0.5, 0.6) is 5.75 Å². The van der Waals surface area contributed by atoms with Gasteiger partial charge in [0.1, 0.15) is 11.4 Å². The molecule has 48 heavy (non-hydrogen) atoms. The van der Waals surface area contributed by atoms with Crippen LogP contribution in [0, 0.1) is 12.7 Å². The number of methoxy groups -OCH3 is 1. The summed E-state index contributed by atoms with van der Waals surface area (Å²) in [5, 5.41) is 8.34. The Morgan fingerprint density at radius 1 is 0.938 bits per heavy atom. The van der Waals surface area contributed by atoms with E-state index in [1.807, 2.05) is 53.4 Å². The minimum absolute atomic E-state index is 0.0298. The maximum atomic E-state index is 16.6. The molecule has 0 atom stereocenters. The van der Waals surface area contributed by atoms with Crippen LogP contribution in [0.25, 0.3) is 27.6 Å². The third-order valence-corrected chi connectivity index (χ3v) is 9.38.